The molecule has 0 saturated carbocycles. The topological polar surface area (TPSA) is 76.2 Å². The van der Waals surface area contributed by atoms with Crippen molar-refractivity contribution in [2.45, 2.75) is 40.5 Å². The Morgan fingerprint density at radius 2 is 1.75 bits per heavy atom. The van der Waals surface area contributed by atoms with Crippen molar-refractivity contribution in [1.29, 1.82) is 0 Å². The number of aliphatic hydroxyl groups excluding tert-OH is 1. The number of pyridine rings is 2. The molecule has 0 bridgehead atoms. The molecular formula is C33H29IrN2O3Se-. The number of fused-ring (bicyclic) bond motifs is 4. The Labute approximate surface area is 253 Å². The minimum atomic E-state index is -0.125. The van der Waals surface area contributed by atoms with Crippen molar-refractivity contribution in [3.8, 4) is 21.3 Å². The van der Waals surface area contributed by atoms with Gasteiger partial charge in [0.15, 0.2) is 5.78 Å². The molecule has 1 radical (unpaired) electrons. The number of rotatable bonds is 4. The minimum absolute atomic E-state index is 0. The number of aliphatic hydroxyl groups is 1. The standard InChI is InChI=1S/C28H21N2OSe.C5H8O2.Ir/c1-16(2)18-8-10-19(11-9-18)25-15-20-12-14-24(30-28(20)32-25)23-6-4-5-21-22-13-7-17(3)29-27(22)31-26(21)23;1-4(6)3-5(2)7;/h4-5,7-16H,1-3H3;3,6H,1-2H3;/q-1;;/b;4-3-;. The normalized spacial score (nSPS) is 11.5. The zero-order valence-electron chi connectivity index (χ0n) is 22.9. The number of hydrogen-bond donors (Lipinski definition) is 1. The van der Waals surface area contributed by atoms with Crippen molar-refractivity contribution >= 4 is 52.1 Å². The van der Waals surface area contributed by atoms with Gasteiger partial charge >= 0.3 is 193 Å². The van der Waals surface area contributed by atoms with Gasteiger partial charge in [-0.1, -0.05) is 0 Å². The van der Waals surface area contributed by atoms with Crippen molar-refractivity contribution < 1.29 is 34.4 Å². The van der Waals surface area contributed by atoms with Crippen LogP contribution in [0.1, 0.15) is 44.9 Å². The fraction of sp³-hybridized carbons (Fsp3) is 0.182. The molecular weight excluding hydrogens is 744 g/mol. The summed E-state index contributed by atoms with van der Waals surface area (Å²) < 4.78 is 8.70. The number of furan rings is 1. The SMILES string of the molecule is CC(=O)/C=C(/C)O.Cc1ccc2c(n1)oc1c(-c3ccc4cc(-c5ccc(C(C)C)cc5)[se]c4n3)[c-]ccc12.[Ir]. The summed E-state index contributed by atoms with van der Waals surface area (Å²) in [6.07, 6.45) is 1.17. The Morgan fingerprint density at radius 1 is 1.00 bits per heavy atom. The van der Waals surface area contributed by atoms with E-state index in [1.165, 1.54) is 40.9 Å². The maximum Gasteiger partial charge on any atom is 0 e. The van der Waals surface area contributed by atoms with Gasteiger partial charge in [0, 0.05) is 26.2 Å². The molecule has 0 spiro atoms. The van der Waals surface area contributed by atoms with E-state index in [1.807, 2.05) is 25.1 Å². The summed E-state index contributed by atoms with van der Waals surface area (Å²) >= 11 is 0.172. The molecule has 0 aliphatic heterocycles. The number of carbonyl (C=O) groups excluding carboxylic acids is 1. The van der Waals surface area contributed by atoms with Crippen molar-refractivity contribution in [3.63, 3.8) is 0 Å². The van der Waals surface area contributed by atoms with E-state index in [0.29, 0.717) is 11.6 Å². The fourth-order valence-electron chi connectivity index (χ4n) is 4.43. The van der Waals surface area contributed by atoms with Crippen LogP contribution in [0.2, 0.25) is 0 Å². The molecule has 4 heterocycles. The molecule has 6 rings (SSSR count). The summed E-state index contributed by atoms with van der Waals surface area (Å²) in [5.41, 5.74) is 6.87. The van der Waals surface area contributed by atoms with E-state index >= 15 is 0 Å². The second kappa shape index (κ2) is 12.4. The maximum absolute atomic E-state index is 10.0. The summed E-state index contributed by atoms with van der Waals surface area (Å²) in [4.78, 5) is 19.6. The molecule has 0 amide bonds. The molecule has 1 N–H and O–H groups in total. The first-order chi connectivity index (χ1) is 18.7. The van der Waals surface area contributed by atoms with Gasteiger partial charge in [-0.05, 0) is 13.8 Å². The first-order valence-corrected chi connectivity index (χ1v) is 14.5. The number of carbonyl (C=O) groups is 1. The zero-order valence-corrected chi connectivity index (χ0v) is 27.0. The third-order valence-corrected chi connectivity index (χ3v) is 8.65. The maximum atomic E-state index is 10.0. The second-order valence-corrected chi connectivity index (χ2v) is 12.0. The molecule has 0 fully saturated rings. The smallest absolute Gasteiger partial charge is 0 e. The number of hydrogen-bond acceptors (Lipinski definition) is 5. The molecule has 4 aromatic heterocycles. The molecule has 0 aliphatic rings. The molecule has 0 saturated heterocycles. The largest absolute Gasteiger partial charge is 0 e. The van der Waals surface area contributed by atoms with Gasteiger partial charge in [-0.2, -0.15) is 0 Å². The Morgan fingerprint density at radius 3 is 2.40 bits per heavy atom. The summed E-state index contributed by atoms with van der Waals surface area (Å²) in [5.74, 6) is 0.484. The van der Waals surface area contributed by atoms with Crippen molar-refractivity contribution in [1.82, 2.24) is 9.97 Å². The van der Waals surface area contributed by atoms with Gasteiger partial charge in [0.1, 0.15) is 0 Å². The predicted octanol–water partition coefficient (Wildman–Crippen LogP) is 8.19. The minimum Gasteiger partial charge on any atom is 0 e. The summed E-state index contributed by atoms with van der Waals surface area (Å²) in [6.45, 7) is 9.28. The molecule has 40 heavy (non-hydrogen) atoms. The van der Waals surface area contributed by atoms with Gasteiger partial charge in [0.25, 0.3) is 0 Å². The average molecular weight is 773 g/mol. The average Bonchev–Trinajstić information content (AvgIpc) is 3.48. The number of ketones is 1. The van der Waals surface area contributed by atoms with Crippen molar-refractivity contribution in [3.05, 3.63) is 95.9 Å². The Kier molecular flexibility index (Phi) is 9.22. The van der Waals surface area contributed by atoms with Gasteiger partial charge < -0.3 is 5.11 Å². The predicted molar refractivity (Wildman–Crippen MR) is 159 cm³/mol. The first-order valence-electron chi connectivity index (χ1n) is 12.8. The number of nitrogens with zero attached hydrogens (tertiary/aromatic N) is 2. The first kappa shape index (κ1) is 29.6. The molecule has 205 valence electrons. The summed E-state index contributed by atoms with van der Waals surface area (Å²) in [5, 5.41) is 11.7. The summed E-state index contributed by atoms with van der Waals surface area (Å²) in [6, 6.07) is 27.0. The molecule has 0 atom stereocenters. The van der Waals surface area contributed by atoms with E-state index in [4.69, 9.17) is 14.5 Å². The quantitative estimate of drug-likeness (QED) is 0.0847. The fourth-order valence-corrected chi connectivity index (χ4v) is 6.61. The van der Waals surface area contributed by atoms with Crippen LogP contribution in [0.25, 0.3) is 53.1 Å². The van der Waals surface area contributed by atoms with E-state index in [0.717, 1.165) is 37.7 Å². The van der Waals surface area contributed by atoms with E-state index < -0.39 is 0 Å². The van der Waals surface area contributed by atoms with Crippen LogP contribution in [0.3, 0.4) is 0 Å². The molecule has 5 nitrogen and oxygen atoms in total. The van der Waals surface area contributed by atoms with Crippen LogP contribution in [0.4, 0.5) is 0 Å². The van der Waals surface area contributed by atoms with Crippen LogP contribution >= 0.6 is 0 Å². The van der Waals surface area contributed by atoms with Crippen LogP contribution in [0, 0.1) is 13.0 Å². The molecule has 2 aromatic carbocycles. The van der Waals surface area contributed by atoms with Crippen LogP contribution in [-0.4, -0.2) is 35.4 Å². The van der Waals surface area contributed by atoms with Gasteiger partial charge in [-0.3, -0.25) is 4.79 Å². The van der Waals surface area contributed by atoms with Gasteiger partial charge in [0.05, 0.1) is 5.76 Å². The van der Waals surface area contributed by atoms with E-state index in [9.17, 15) is 4.79 Å². The van der Waals surface area contributed by atoms with Gasteiger partial charge in [-0.25, -0.2) is 0 Å². The molecule has 0 unspecified atom stereocenters. The number of aryl methyl sites for hydroxylation is 1. The third-order valence-electron chi connectivity index (χ3n) is 6.35. The second-order valence-electron chi connectivity index (χ2n) is 9.88. The Bertz CT molecular complexity index is 1850. The Hall–Kier alpha value is -3.34. The van der Waals surface area contributed by atoms with Crippen LogP contribution in [0.5, 0.6) is 0 Å². The number of aromatic nitrogens is 2. The van der Waals surface area contributed by atoms with E-state index in [2.05, 4.69) is 73.4 Å². The monoisotopic (exact) mass is 774 g/mol. The number of allylic oxidation sites excluding steroid dienone is 2. The number of benzene rings is 2. The Balaban J connectivity index is 0.000000413. The van der Waals surface area contributed by atoms with Gasteiger partial charge in [0.2, 0.25) is 0 Å². The van der Waals surface area contributed by atoms with Crippen molar-refractivity contribution in [2.24, 2.45) is 0 Å². The zero-order chi connectivity index (χ0) is 27.7. The van der Waals surface area contributed by atoms with Crippen LogP contribution < -0.4 is 0 Å². The van der Waals surface area contributed by atoms with E-state index in [1.54, 1.807) is 0 Å². The van der Waals surface area contributed by atoms with Crippen LogP contribution in [0.15, 0.2) is 83.0 Å². The van der Waals surface area contributed by atoms with Crippen molar-refractivity contribution in [2.75, 3.05) is 0 Å². The molecule has 6 aromatic rings. The van der Waals surface area contributed by atoms with Crippen LogP contribution in [-0.2, 0) is 24.9 Å². The van der Waals surface area contributed by atoms with E-state index in [-0.39, 0.29) is 46.2 Å². The molecule has 0 aliphatic carbocycles. The third kappa shape index (κ3) is 6.35. The summed E-state index contributed by atoms with van der Waals surface area (Å²) in [7, 11) is 0. The molecule has 7 heteroatoms. The van der Waals surface area contributed by atoms with Gasteiger partial charge in [-0.15, -0.1) is 0 Å².